The van der Waals surface area contributed by atoms with Gasteiger partial charge in [-0.25, -0.2) is 4.98 Å². The van der Waals surface area contributed by atoms with Crippen molar-refractivity contribution >= 4 is 39.8 Å². The number of nitrogens with one attached hydrogen (secondary N) is 1. The molecule has 0 fully saturated rings. The van der Waals surface area contributed by atoms with Crippen LogP contribution < -0.4 is 15.8 Å². The fraction of sp³-hybridized carbons (Fsp3) is 0.231. The summed E-state index contributed by atoms with van der Waals surface area (Å²) >= 11 is 2.83. The van der Waals surface area contributed by atoms with E-state index in [0.29, 0.717) is 22.3 Å². The van der Waals surface area contributed by atoms with E-state index in [1.54, 1.807) is 19.2 Å². The molecule has 0 aliphatic carbocycles. The summed E-state index contributed by atoms with van der Waals surface area (Å²) in [5.41, 5.74) is 7.16. The Kier molecular flexibility index (Phi) is 4.86. The van der Waals surface area contributed by atoms with Crippen molar-refractivity contribution in [3.63, 3.8) is 0 Å². The summed E-state index contributed by atoms with van der Waals surface area (Å²) in [5, 5.41) is 3.35. The van der Waals surface area contributed by atoms with Crippen LogP contribution in [-0.4, -0.2) is 23.8 Å². The number of nitrogens with two attached hydrogens (primary N) is 1. The topological polar surface area (TPSA) is 77.2 Å². The van der Waals surface area contributed by atoms with Crippen molar-refractivity contribution in [3.8, 4) is 5.75 Å². The number of benzene rings is 1. The second-order valence-corrected chi connectivity index (χ2v) is 6.24. The molecule has 0 aliphatic rings. The minimum absolute atomic E-state index is 0.0918. The van der Waals surface area contributed by atoms with Crippen molar-refractivity contribution in [2.24, 2.45) is 0 Å². The molecule has 0 spiro atoms. The summed E-state index contributed by atoms with van der Waals surface area (Å²) < 4.78 is 6.16. The zero-order valence-corrected chi connectivity index (χ0v) is 12.8. The molecule has 106 valence electrons. The number of para-hydroxylation sites is 2. The molecule has 2 aromatic rings. The minimum atomic E-state index is -0.0918. The maximum Gasteiger partial charge on any atom is 0.234 e. The van der Waals surface area contributed by atoms with Crippen LogP contribution in [0.4, 0.5) is 10.8 Å². The molecular weight excluding hydrogens is 294 g/mol. The Morgan fingerprint density at radius 2 is 2.25 bits per heavy atom. The van der Waals surface area contributed by atoms with E-state index in [1.807, 2.05) is 19.1 Å². The SMILES string of the molecule is COc1ccccc1NC(=O)CSc1sc(N)nc1C. The van der Waals surface area contributed by atoms with E-state index in [-0.39, 0.29) is 5.91 Å². The molecule has 2 rings (SSSR count). The second kappa shape index (κ2) is 6.62. The molecule has 20 heavy (non-hydrogen) atoms. The van der Waals surface area contributed by atoms with Gasteiger partial charge in [-0.2, -0.15) is 0 Å². The van der Waals surface area contributed by atoms with Gasteiger partial charge in [-0.05, 0) is 19.1 Å². The van der Waals surface area contributed by atoms with Crippen molar-refractivity contribution in [3.05, 3.63) is 30.0 Å². The highest BCUT2D eigenvalue weighted by atomic mass is 32.2. The van der Waals surface area contributed by atoms with Crippen molar-refractivity contribution in [2.75, 3.05) is 23.9 Å². The van der Waals surface area contributed by atoms with Crippen LogP contribution in [0.2, 0.25) is 0 Å². The lowest BCUT2D eigenvalue weighted by atomic mass is 10.3. The minimum Gasteiger partial charge on any atom is -0.495 e. The van der Waals surface area contributed by atoms with Gasteiger partial charge in [-0.1, -0.05) is 23.5 Å². The van der Waals surface area contributed by atoms with Gasteiger partial charge in [0.05, 0.1) is 28.5 Å². The number of carbonyl (C=O) groups excluding carboxylic acids is 1. The first-order valence-electron chi connectivity index (χ1n) is 5.88. The number of anilines is 2. The fourth-order valence-corrected chi connectivity index (χ4v) is 3.43. The number of hydrogen-bond donors (Lipinski definition) is 2. The molecular formula is C13H15N3O2S2. The molecule has 3 N–H and O–H groups in total. The van der Waals surface area contributed by atoms with Crippen LogP contribution in [0.5, 0.6) is 5.75 Å². The van der Waals surface area contributed by atoms with E-state index in [0.717, 1.165) is 9.90 Å². The highest BCUT2D eigenvalue weighted by Gasteiger charge is 2.10. The third-order valence-electron chi connectivity index (χ3n) is 2.49. The molecule has 7 heteroatoms. The Labute approximate surface area is 125 Å². The highest BCUT2D eigenvalue weighted by Crippen LogP contribution is 2.30. The molecule has 0 saturated carbocycles. The molecule has 0 atom stereocenters. The van der Waals surface area contributed by atoms with E-state index in [1.165, 1.54) is 23.1 Å². The van der Waals surface area contributed by atoms with E-state index in [9.17, 15) is 4.79 Å². The summed E-state index contributed by atoms with van der Waals surface area (Å²) in [5.74, 6) is 0.857. The molecule has 0 radical (unpaired) electrons. The summed E-state index contributed by atoms with van der Waals surface area (Å²) in [7, 11) is 1.57. The predicted molar refractivity (Wildman–Crippen MR) is 83.6 cm³/mol. The number of carbonyl (C=O) groups is 1. The molecule has 0 bridgehead atoms. The van der Waals surface area contributed by atoms with Crippen molar-refractivity contribution in [1.29, 1.82) is 0 Å². The van der Waals surface area contributed by atoms with E-state index in [2.05, 4.69) is 10.3 Å². The van der Waals surface area contributed by atoms with Crippen LogP contribution in [0.3, 0.4) is 0 Å². The number of ether oxygens (including phenoxy) is 1. The maximum atomic E-state index is 11.9. The Morgan fingerprint density at radius 3 is 2.90 bits per heavy atom. The van der Waals surface area contributed by atoms with Gasteiger partial charge in [-0.3, -0.25) is 4.79 Å². The second-order valence-electron chi connectivity index (χ2n) is 3.96. The van der Waals surface area contributed by atoms with Gasteiger partial charge in [0, 0.05) is 0 Å². The predicted octanol–water partition coefficient (Wildman–Crippen LogP) is 2.77. The normalized spacial score (nSPS) is 10.3. The van der Waals surface area contributed by atoms with E-state index < -0.39 is 0 Å². The van der Waals surface area contributed by atoms with Crippen molar-refractivity contribution in [1.82, 2.24) is 4.98 Å². The van der Waals surface area contributed by atoms with Gasteiger partial charge in [0.1, 0.15) is 5.75 Å². The van der Waals surface area contributed by atoms with Gasteiger partial charge in [0.2, 0.25) is 5.91 Å². The van der Waals surface area contributed by atoms with Crippen molar-refractivity contribution in [2.45, 2.75) is 11.1 Å². The first-order chi connectivity index (χ1) is 9.60. The number of aromatic nitrogens is 1. The molecule has 1 heterocycles. The molecule has 1 amide bonds. The zero-order valence-electron chi connectivity index (χ0n) is 11.2. The number of thiazole rings is 1. The average Bonchev–Trinajstić information content (AvgIpc) is 2.75. The molecule has 0 saturated heterocycles. The van der Waals surface area contributed by atoms with E-state index >= 15 is 0 Å². The lowest BCUT2D eigenvalue weighted by Crippen LogP contribution is -2.14. The Hall–Kier alpha value is -1.73. The van der Waals surface area contributed by atoms with Crippen LogP contribution in [-0.2, 0) is 4.79 Å². The number of methoxy groups -OCH3 is 1. The standard InChI is InChI=1S/C13H15N3O2S2/c1-8-12(20-13(14)15-8)19-7-11(17)16-9-5-3-4-6-10(9)18-2/h3-6H,7H2,1-2H3,(H2,14,15)(H,16,17). The monoisotopic (exact) mass is 309 g/mol. The molecule has 0 aliphatic heterocycles. The zero-order chi connectivity index (χ0) is 14.5. The number of aryl methyl sites for hydroxylation is 1. The lowest BCUT2D eigenvalue weighted by Gasteiger charge is -2.09. The van der Waals surface area contributed by atoms with Gasteiger partial charge in [0.25, 0.3) is 0 Å². The number of amides is 1. The first-order valence-corrected chi connectivity index (χ1v) is 7.69. The van der Waals surface area contributed by atoms with Gasteiger partial charge in [0.15, 0.2) is 5.13 Å². The van der Waals surface area contributed by atoms with E-state index in [4.69, 9.17) is 10.5 Å². The third-order valence-corrected chi connectivity index (χ3v) is 4.83. The molecule has 1 aromatic heterocycles. The first kappa shape index (κ1) is 14.7. The largest absolute Gasteiger partial charge is 0.495 e. The van der Waals surface area contributed by atoms with Gasteiger partial charge in [-0.15, -0.1) is 11.8 Å². The number of thioether (sulfide) groups is 1. The molecule has 5 nitrogen and oxygen atoms in total. The number of rotatable bonds is 5. The van der Waals surface area contributed by atoms with Crippen LogP contribution in [0.15, 0.2) is 28.5 Å². The highest BCUT2D eigenvalue weighted by molar-refractivity contribution is 8.01. The van der Waals surface area contributed by atoms with Crippen LogP contribution in [0, 0.1) is 6.92 Å². The quantitative estimate of drug-likeness (QED) is 0.830. The number of nitrogen functional groups attached to an aromatic ring is 1. The average molecular weight is 309 g/mol. The van der Waals surface area contributed by atoms with Gasteiger partial charge < -0.3 is 15.8 Å². The van der Waals surface area contributed by atoms with Crippen LogP contribution in [0.25, 0.3) is 0 Å². The summed E-state index contributed by atoms with van der Waals surface area (Å²) in [6.07, 6.45) is 0. The number of nitrogens with zero attached hydrogens (tertiary/aromatic N) is 1. The Bertz CT molecular complexity index is 613. The fourth-order valence-electron chi connectivity index (χ4n) is 1.60. The smallest absolute Gasteiger partial charge is 0.234 e. The summed E-state index contributed by atoms with van der Waals surface area (Å²) in [4.78, 5) is 16.1. The lowest BCUT2D eigenvalue weighted by molar-refractivity contribution is -0.113. The Morgan fingerprint density at radius 1 is 1.50 bits per heavy atom. The summed E-state index contributed by atoms with van der Waals surface area (Å²) in [6.45, 7) is 1.88. The third kappa shape index (κ3) is 3.64. The van der Waals surface area contributed by atoms with Gasteiger partial charge >= 0.3 is 0 Å². The van der Waals surface area contributed by atoms with Crippen molar-refractivity contribution < 1.29 is 9.53 Å². The molecule has 1 aromatic carbocycles. The summed E-state index contributed by atoms with van der Waals surface area (Å²) in [6, 6.07) is 7.31. The Balaban J connectivity index is 1.94. The van der Waals surface area contributed by atoms with Crippen LogP contribution in [0.1, 0.15) is 5.69 Å². The molecule has 0 unspecified atom stereocenters. The maximum absolute atomic E-state index is 11.9. The van der Waals surface area contributed by atoms with Crippen LogP contribution >= 0.6 is 23.1 Å². The number of hydrogen-bond acceptors (Lipinski definition) is 6.